The first-order valence-corrected chi connectivity index (χ1v) is 9.59. The van der Waals surface area contributed by atoms with Crippen LogP contribution in [0.4, 0.5) is 5.69 Å². The van der Waals surface area contributed by atoms with Gasteiger partial charge >= 0.3 is 0 Å². The second kappa shape index (κ2) is 5.78. The predicted octanol–water partition coefficient (Wildman–Crippen LogP) is 3.73. The molecule has 0 fully saturated rings. The number of anilines is 1. The lowest BCUT2D eigenvalue weighted by molar-refractivity contribution is 0.0979. The van der Waals surface area contributed by atoms with Crippen molar-refractivity contribution in [1.82, 2.24) is 9.38 Å². The Balaban J connectivity index is 1.85. The SMILES string of the molecule is Cc1sc2ncc(C(=O)N3c4ccc(Br)cc4CC3C)c(=O)n2c1C. The summed E-state index contributed by atoms with van der Waals surface area (Å²) in [6.07, 6.45) is 2.19. The van der Waals surface area contributed by atoms with Crippen molar-refractivity contribution >= 4 is 43.8 Å². The molecule has 4 rings (SSSR count). The van der Waals surface area contributed by atoms with Crippen LogP contribution in [0, 0.1) is 13.8 Å². The Morgan fingerprint density at radius 2 is 2.12 bits per heavy atom. The van der Waals surface area contributed by atoms with Gasteiger partial charge in [-0.15, -0.1) is 11.3 Å². The second-order valence-electron chi connectivity index (χ2n) is 6.34. The average Bonchev–Trinajstić information content (AvgIpc) is 3.03. The minimum atomic E-state index is -0.297. The van der Waals surface area contributed by atoms with E-state index in [1.165, 1.54) is 21.9 Å². The summed E-state index contributed by atoms with van der Waals surface area (Å²) < 4.78 is 2.52. The molecule has 0 aliphatic carbocycles. The number of carbonyl (C=O) groups excluding carboxylic acids is 1. The number of hydrogen-bond acceptors (Lipinski definition) is 4. The number of fused-ring (bicyclic) bond motifs is 2. The minimum absolute atomic E-state index is 0.00204. The number of rotatable bonds is 1. The third-order valence-electron chi connectivity index (χ3n) is 4.72. The highest BCUT2D eigenvalue weighted by Crippen LogP contribution is 2.35. The zero-order valence-corrected chi connectivity index (χ0v) is 16.4. The molecule has 0 spiro atoms. The summed E-state index contributed by atoms with van der Waals surface area (Å²) in [4.78, 5) is 33.8. The number of amides is 1. The van der Waals surface area contributed by atoms with Crippen molar-refractivity contribution in [2.45, 2.75) is 33.2 Å². The molecule has 25 heavy (non-hydrogen) atoms. The van der Waals surface area contributed by atoms with E-state index in [0.29, 0.717) is 4.96 Å². The van der Waals surface area contributed by atoms with E-state index < -0.39 is 0 Å². The molecule has 0 N–H and O–H groups in total. The molecule has 5 nitrogen and oxygen atoms in total. The highest BCUT2D eigenvalue weighted by atomic mass is 79.9. The highest BCUT2D eigenvalue weighted by molar-refractivity contribution is 9.10. The lowest BCUT2D eigenvalue weighted by Gasteiger charge is -2.22. The Morgan fingerprint density at radius 3 is 2.88 bits per heavy atom. The van der Waals surface area contributed by atoms with E-state index in [0.717, 1.165) is 32.7 Å². The molecule has 3 heterocycles. The first kappa shape index (κ1) is 16.5. The van der Waals surface area contributed by atoms with Crippen LogP contribution in [0.15, 0.2) is 33.7 Å². The van der Waals surface area contributed by atoms with Crippen molar-refractivity contribution in [1.29, 1.82) is 0 Å². The van der Waals surface area contributed by atoms with E-state index in [1.54, 1.807) is 4.90 Å². The molecule has 1 aliphatic rings. The van der Waals surface area contributed by atoms with Gasteiger partial charge in [0.15, 0.2) is 4.96 Å². The molecule has 1 amide bonds. The van der Waals surface area contributed by atoms with Crippen LogP contribution in [0.3, 0.4) is 0 Å². The lowest BCUT2D eigenvalue weighted by Crippen LogP contribution is -2.39. The molecular formula is C18H16BrN3O2S. The van der Waals surface area contributed by atoms with Gasteiger partial charge in [0, 0.05) is 33.0 Å². The Labute approximate surface area is 157 Å². The van der Waals surface area contributed by atoms with E-state index in [9.17, 15) is 9.59 Å². The monoisotopic (exact) mass is 417 g/mol. The average molecular weight is 418 g/mol. The molecule has 0 bridgehead atoms. The summed E-state index contributed by atoms with van der Waals surface area (Å²) in [6, 6.07) is 5.87. The number of nitrogens with zero attached hydrogens (tertiary/aromatic N) is 3. The predicted molar refractivity (Wildman–Crippen MR) is 103 cm³/mol. The van der Waals surface area contributed by atoms with Crippen LogP contribution in [0.1, 0.15) is 33.4 Å². The van der Waals surface area contributed by atoms with Crippen molar-refractivity contribution in [3.8, 4) is 0 Å². The van der Waals surface area contributed by atoms with Crippen LogP contribution in [0.25, 0.3) is 4.96 Å². The molecule has 1 aliphatic heterocycles. The summed E-state index contributed by atoms with van der Waals surface area (Å²) in [5, 5.41) is 0. The fourth-order valence-electron chi connectivity index (χ4n) is 3.36. The van der Waals surface area contributed by atoms with Crippen LogP contribution in [0.5, 0.6) is 0 Å². The molecule has 0 saturated carbocycles. The summed E-state index contributed by atoms with van der Waals surface area (Å²) in [7, 11) is 0. The molecule has 0 saturated heterocycles. The summed E-state index contributed by atoms with van der Waals surface area (Å²) >= 11 is 4.93. The molecule has 7 heteroatoms. The van der Waals surface area contributed by atoms with E-state index in [1.807, 2.05) is 39.0 Å². The third kappa shape index (κ3) is 2.45. The molecule has 1 atom stereocenters. The number of halogens is 1. The van der Waals surface area contributed by atoms with Gasteiger partial charge in [0.2, 0.25) is 0 Å². The maximum Gasteiger partial charge on any atom is 0.271 e. The van der Waals surface area contributed by atoms with Crippen LogP contribution in [-0.2, 0) is 6.42 Å². The van der Waals surface area contributed by atoms with Crippen molar-refractivity contribution in [3.05, 3.63) is 60.9 Å². The fourth-order valence-corrected chi connectivity index (χ4v) is 4.70. The van der Waals surface area contributed by atoms with Gasteiger partial charge in [-0.05, 0) is 51.0 Å². The molecule has 2 aromatic heterocycles. The van der Waals surface area contributed by atoms with E-state index >= 15 is 0 Å². The maximum atomic E-state index is 13.2. The Bertz CT molecular complexity index is 1090. The molecule has 0 radical (unpaired) electrons. The van der Waals surface area contributed by atoms with Crippen LogP contribution < -0.4 is 10.5 Å². The molecular weight excluding hydrogens is 402 g/mol. The molecule has 128 valence electrons. The van der Waals surface area contributed by atoms with Gasteiger partial charge in [0.05, 0.1) is 0 Å². The van der Waals surface area contributed by atoms with Crippen molar-refractivity contribution in [3.63, 3.8) is 0 Å². The smallest absolute Gasteiger partial charge is 0.271 e. The van der Waals surface area contributed by atoms with Crippen molar-refractivity contribution in [2.75, 3.05) is 4.90 Å². The number of aryl methyl sites for hydroxylation is 2. The molecule has 1 unspecified atom stereocenters. The van der Waals surface area contributed by atoms with Gasteiger partial charge in [0.25, 0.3) is 11.5 Å². The normalized spacial score (nSPS) is 16.5. The first-order valence-electron chi connectivity index (χ1n) is 7.98. The minimum Gasteiger partial charge on any atom is -0.305 e. The van der Waals surface area contributed by atoms with E-state index in [4.69, 9.17) is 0 Å². The standard InChI is InChI=1S/C18H16BrN3O2S/c1-9-6-12-7-13(19)4-5-15(12)21(9)16(23)14-8-20-18-22(17(14)24)10(2)11(3)25-18/h4-5,7-9H,6H2,1-3H3. The maximum absolute atomic E-state index is 13.2. The topological polar surface area (TPSA) is 54.7 Å². The van der Waals surface area contributed by atoms with Crippen molar-refractivity contribution < 1.29 is 4.79 Å². The van der Waals surface area contributed by atoms with E-state index in [-0.39, 0.29) is 23.1 Å². The first-order chi connectivity index (χ1) is 11.9. The van der Waals surface area contributed by atoms with Gasteiger partial charge in [0.1, 0.15) is 5.56 Å². The molecule has 3 aromatic rings. The fraction of sp³-hybridized carbons (Fsp3) is 0.278. The van der Waals surface area contributed by atoms with Gasteiger partial charge in [-0.25, -0.2) is 4.98 Å². The second-order valence-corrected chi connectivity index (χ2v) is 8.44. The van der Waals surface area contributed by atoms with Gasteiger partial charge in [-0.3, -0.25) is 14.0 Å². The van der Waals surface area contributed by atoms with Gasteiger partial charge in [-0.2, -0.15) is 0 Å². The zero-order valence-electron chi connectivity index (χ0n) is 14.0. The Kier molecular flexibility index (Phi) is 3.81. The summed E-state index contributed by atoms with van der Waals surface area (Å²) in [5.74, 6) is -0.288. The van der Waals surface area contributed by atoms with Crippen LogP contribution in [-0.4, -0.2) is 21.3 Å². The Morgan fingerprint density at radius 1 is 1.36 bits per heavy atom. The number of aromatic nitrogens is 2. The quantitative estimate of drug-likeness (QED) is 0.605. The van der Waals surface area contributed by atoms with Crippen LogP contribution in [0.2, 0.25) is 0 Å². The number of benzene rings is 1. The van der Waals surface area contributed by atoms with Gasteiger partial charge < -0.3 is 4.90 Å². The summed E-state index contributed by atoms with van der Waals surface area (Å²) in [6.45, 7) is 5.82. The largest absolute Gasteiger partial charge is 0.305 e. The number of hydrogen-bond donors (Lipinski definition) is 0. The number of carbonyl (C=O) groups is 1. The molecule has 1 aromatic carbocycles. The van der Waals surface area contributed by atoms with Crippen LogP contribution >= 0.6 is 27.3 Å². The zero-order chi connectivity index (χ0) is 17.9. The number of thiazole rings is 1. The summed E-state index contributed by atoms with van der Waals surface area (Å²) in [5.41, 5.74) is 2.62. The Hall–Kier alpha value is -1.99. The third-order valence-corrected chi connectivity index (χ3v) is 6.29. The van der Waals surface area contributed by atoms with Crippen molar-refractivity contribution in [2.24, 2.45) is 0 Å². The lowest BCUT2D eigenvalue weighted by atomic mass is 10.1. The van der Waals surface area contributed by atoms with Gasteiger partial charge in [-0.1, -0.05) is 15.9 Å². The van der Waals surface area contributed by atoms with E-state index in [2.05, 4.69) is 20.9 Å². The highest BCUT2D eigenvalue weighted by Gasteiger charge is 2.33.